The molecule has 7 nitrogen and oxygen atoms in total. The minimum absolute atomic E-state index is 0.0406. The summed E-state index contributed by atoms with van der Waals surface area (Å²) in [6, 6.07) is 18.7. The predicted octanol–water partition coefficient (Wildman–Crippen LogP) is 4.19. The normalized spacial score (nSPS) is 26.2. The molecule has 3 heterocycles. The molecule has 166 valence electrons. The number of aromatic nitrogens is 3. The molecule has 33 heavy (non-hydrogen) atoms. The third kappa shape index (κ3) is 3.26. The Kier molecular flexibility index (Phi) is 4.64. The maximum Gasteiger partial charge on any atom is 0.260 e. The fourth-order valence-electron chi connectivity index (χ4n) is 5.23. The van der Waals surface area contributed by atoms with Crippen LogP contribution >= 0.6 is 0 Å². The first kappa shape index (κ1) is 19.9. The van der Waals surface area contributed by atoms with Crippen molar-refractivity contribution < 1.29 is 9.59 Å². The second-order valence-corrected chi connectivity index (χ2v) is 9.12. The summed E-state index contributed by atoms with van der Waals surface area (Å²) >= 11 is 0. The SMILES string of the molecule is Cc1ccc([C@@H]2C[C@@H](c3ccccc3)Nc3nc(N4C(=O)[C@H]5CC=CC[C@@H]5C4=O)nn32)cc1. The topological polar surface area (TPSA) is 80.1 Å². The van der Waals surface area contributed by atoms with E-state index in [2.05, 4.69) is 53.6 Å². The number of fused-ring (bicyclic) bond motifs is 2. The number of anilines is 2. The second kappa shape index (κ2) is 7.69. The summed E-state index contributed by atoms with van der Waals surface area (Å²) in [6.45, 7) is 2.07. The van der Waals surface area contributed by atoms with Crippen LogP contribution in [0.5, 0.6) is 0 Å². The van der Waals surface area contributed by atoms with Gasteiger partial charge in [0.05, 0.1) is 23.9 Å². The predicted molar refractivity (Wildman–Crippen MR) is 125 cm³/mol. The highest BCUT2D eigenvalue weighted by atomic mass is 16.2. The quantitative estimate of drug-likeness (QED) is 0.489. The highest BCUT2D eigenvalue weighted by Crippen LogP contribution is 2.41. The van der Waals surface area contributed by atoms with Crippen molar-refractivity contribution in [2.75, 3.05) is 10.2 Å². The van der Waals surface area contributed by atoms with Crippen molar-refractivity contribution in [2.45, 2.75) is 38.3 Å². The van der Waals surface area contributed by atoms with Gasteiger partial charge in [0, 0.05) is 0 Å². The first-order chi connectivity index (χ1) is 16.1. The van der Waals surface area contributed by atoms with Crippen molar-refractivity contribution in [1.29, 1.82) is 0 Å². The van der Waals surface area contributed by atoms with Crippen LogP contribution in [0.15, 0.2) is 66.7 Å². The van der Waals surface area contributed by atoms with E-state index < -0.39 is 0 Å². The van der Waals surface area contributed by atoms with E-state index in [0.717, 1.165) is 17.5 Å². The van der Waals surface area contributed by atoms with E-state index in [1.165, 1.54) is 10.5 Å². The van der Waals surface area contributed by atoms with Gasteiger partial charge in [-0.1, -0.05) is 72.3 Å². The zero-order valence-corrected chi connectivity index (χ0v) is 18.4. The van der Waals surface area contributed by atoms with Crippen LogP contribution < -0.4 is 10.2 Å². The third-order valence-electron chi connectivity index (χ3n) is 7.05. The molecule has 2 aliphatic heterocycles. The smallest absolute Gasteiger partial charge is 0.260 e. The van der Waals surface area contributed by atoms with Crippen LogP contribution in [0, 0.1) is 18.8 Å². The molecule has 1 fully saturated rings. The van der Waals surface area contributed by atoms with Gasteiger partial charge in [-0.25, -0.2) is 9.58 Å². The van der Waals surface area contributed by atoms with Crippen LogP contribution in [0.4, 0.5) is 11.9 Å². The van der Waals surface area contributed by atoms with Gasteiger partial charge in [-0.05, 0) is 37.3 Å². The van der Waals surface area contributed by atoms with E-state index in [1.54, 1.807) is 0 Å². The van der Waals surface area contributed by atoms with Crippen molar-refractivity contribution >= 4 is 23.7 Å². The zero-order chi connectivity index (χ0) is 22.5. The lowest BCUT2D eigenvalue weighted by molar-refractivity contribution is -0.122. The van der Waals surface area contributed by atoms with E-state index in [9.17, 15) is 9.59 Å². The van der Waals surface area contributed by atoms with Crippen molar-refractivity contribution in [2.24, 2.45) is 11.8 Å². The summed E-state index contributed by atoms with van der Waals surface area (Å²) in [5.41, 5.74) is 3.48. The van der Waals surface area contributed by atoms with E-state index >= 15 is 0 Å². The average molecular weight is 440 g/mol. The molecule has 0 bridgehead atoms. The minimum Gasteiger partial charge on any atom is -0.347 e. The molecule has 2 aromatic carbocycles. The average Bonchev–Trinajstić information content (AvgIpc) is 3.38. The molecule has 3 aliphatic rings. The van der Waals surface area contributed by atoms with Crippen molar-refractivity contribution in [3.05, 3.63) is 83.4 Å². The molecule has 7 heteroatoms. The molecule has 0 saturated carbocycles. The van der Waals surface area contributed by atoms with E-state index in [1.807, 2.05) is 35.0 Å². The fourth-order valence-corrected chi connectivity index (χ4v) is 5.23. The largest absolute Gasteiger partial charge is 0.347 e. The van der Waals surface area contributed by atoms with Gasteiger partial charge in [0.25, 0.3) is 5.95 Å². The number of hydrogen-bond acceptors (Lipinski definition) is 5. The lowest BCUT2D eigenvalue weighted by Gasteiger charge is -2.31. The maximum atomic E-state index is 13.1. The van der Waals surface area contributed by atoms with Crippen LogP contribution in [0.2, 0.25) is 0 Å². The van der Waals surface area contributed by atoms with Crippen LogP contribution in [-0.4, -0.2) is 26.6 Å². The molecular formula is C26H25N5O2. The number of hydrogen-bond donors (Lipinski definition) is 1. The zero-order valence-electron chi connectivity index (χ0n) is 18.4. The molecule has 1 aromatic heterocycles. The Morgan fingerprint density at radius 2 is 1.55 bits per heavy atom. The van der Waals surface area contributed by atoms with Gasteiger partial charge in [-0.3, -0.25) is 9.59 Å². The molecule has 3 aromatic rings. The summed E-state index contributed by atoms with van der Waals surface area (Å²) in [4.78, 5) is 32.1. The van der Waals surface area contributed by atoms with Crippen molar-refractivity contribution in [3.63, 3.8) is 0 Å². The summed E-state index contributed by atoms with van der Waals surface area (Å²) < 4.78 is 1.83. The summed E-state index contributed by atoms with van der Waals surface area (Å²) in [6.07, 6.45) is 5.95. The first-order valence-corrected chi connectivity index (χ1v) is 11.5. The van der Waals surface area contributed by atoms with Gasteiger partial charge in [-0.15, -0.1) is 5.10 Å². The van der Waals surface area contributed by atoms with Gasteiger partial charge in [0.2, 0.25) is 17.8 Å². The minimum atomic E-state index is -0.305. The fraction of sp³-hybridized carbons (Fsp3) is 0.308. The summed E-state index contributed by atoms with van der Waals surface area (Å²) in [7, 11) is 0. The molecule has 0 spiro atoms. The Bertz CT molecular complexity index is 1220. The van der Waals surface area contributed by atoms with Gasteiger partial charge in [0.15, 0.2) is 0 Å². The van der Waals surface area contributed by atoms with Crippen molar-refractivity contribution in [1.82, 2.24) is 14.8 Å². The third-order valence-corrected chi connectivity index (χ3v) is 7.05. The number of aryl methyl sites for hydroxylation is 1. The second-order valence-electron chi connectivity index (χ2n) is 9.12. The van der Waals surface area contributed by atoms with Gasteiger partial charge < -0.3 is 5.32 Å². The highest BCUT2D eigenvalue weighted by molar-refractivity contribution is 6.21. The molecule has 1 aliphatic carbocycles. The summed E-state index contributed by atoms with van der Waals surface area (Å²) in [5, 5.41) is 8.20. The van der Waals surface area contributed by atoms with Crippen LogP contribution in [0.3, 0.4) is 0 Å². The molecule has 0 radical (unpaired) electrons. The van der Waals surface area contributed by atoms with Gasteiger partial charge >= 0.3 is 0 Å². The molecule has 2 amide bonds. The van der Waals surface area contributed by atoms with Gasteiger partial charge in [-0.2, -0.15) is 4.98 Å². The molecule has 1 N–H and O–H groups in total. The Labute approximate surface area is 192 Å². The number of amides is 2. The Morgan fingerprint density at radius 1 is 0.879 bits per heavy atom. The van der Waals surface area contributed by atoms with Crippen LogP contribution in [0.25, 0.3) is 0 Å². The van der Waals surface area contributed by atoms with Gasteiger partial charge in [0.1, 0.15) is 0 Å². The number of benzene rings is 2. The number of carbonyl (C=O) groups is 2. The molecule has 0 unspecified atom stereocenters. The van der Waals surface area contributed by atoms with Crippen LogP contribution in [-0.2, 0) is 9.59 Å². The number of rotatable bonds is 3. The monoisotopic (exact) mass is 439 g/mol. The van der Waals surface area contributed by atoms with Crippen molar-refractivity contribution in [3.8, 4) is 0 Å². The van der Waals surface area contributed by atoms with E-state index in [-0.39, 0.29) is 41.7 Å². The number of nitrogens with zero attached hydrogens (tertiary/aromatic N) is 4. The maximum absolute atomic E-state index is 13.1. The first-order valence-electron chi connectivity index (χ1n) is 11.5. The molecule has 4 atom stereocenters. The lowest BCUT2D eigenvalue weighted by Crippen LogP contribution is -2.32. The number of carbonyl (C=O) groups excluding carboxylic acids is 2. The number of imide groups is 1. The number of allylic oxidation sites excluding steroid dienone is 2. The molecule has 6 rings (SSSR count). The lowest BCUT2D eigenvalue weighted by atomic mass is 9.85. The van der Waals surface area contributed by atoms with E-state index in [0.29, 0.717) is 18.8 Å². The highest BCUT2D eigenvalue weighted by Gasteiger charge is 2.49. The summed E-state index contributed by atoms with van der Waals surface area (Å²) in [5.74, 6) is -0.244. The Hall–Kier alpha value is -3.74. The molecular weight excluding hydrogens is 414 g/mol. The van der Waals surface area contributed by atoms with E-state index in [4.69, 9.17) is 5.10 Å². The molecule has 1 saturated heterocycles. The Balaban J connectivity index is 1.41. The Morgan fingerprint density at radius 3 is 2.21 bits per heavy atom. The standard InChI is InChI=1S/C26H25N5O2/c1-16-11-13-18(14-12-16)22-15-21(17-7-3-2-4-8-17)27-25-28-26(29-31(22)25)30-23(32)19-9-5-6-10-20(19)24(30)33/h2-8,11-14,19-22H,9-10,15H2,1H3,(H,27,28,29)/t19-,20-,21-,22-/m0/s1. The number of nitrogens with one attached hydrogen (secondary N) is 1. The van der Waals surface area contributed by atoms with Crippen LogP contribution in [0.1, 0.15) is 48.0 Å².